The van der Waals surface area contributed by atoms with E-state index in [1.807, 2.05) is 54.6 Å². The minimum atomic E-state index is -4.81. The van der Waals surface area contributed by atoms with Crippen LogP contribution in [0.1, 0.15) is 41.8 Å². The van der Waals surface area contributed by atoms with E-state index in [1.165, 1.54) is 0 Å². The number of hydrogen-bond donors (Lipinski definition) is 2. The maximum atomic E-state index is 13.2. The molecule has 2 N–H and O–H groups in total. The monoisotopic (exact) mass is 499 g/mol. The molecule has 3 aromatic rings. The zero-order valence-electron chi connectivity index (χ0n) is 20.0. The molecule has 0 aliphatic heterocycles. The summed E-state index contributed by atoms with van der Waals surface area (Å²) < 4.78 is 44.6. The van der Waals surface area contributed by atoms with Crippen LogP contribution >= 0.6 is 0 Å². The Bertz CT molecular complexity index is 1180. The second-order valence-corrected chi connectivity index (χ2v) is 8.56. The number of ether oxygens (including phenoxy) is 1. The van der Waals surface area contributed by atoms with Crippen molar-refractivity contribution < 1.29 is 32.6 Å². The first-order chi connectivity index (χ1) is 17.1. The number of esters is 1. The first-order valence-corrected chi connectivity index (χ1v) is 11.6. The third-order valence-corrected chi connectivity index (χ3v) is 5.77. The summed E-state index contributed by atoms with van der Waals surface area (Å²) in [4.78, 5) is 25.1. The molecule has 190 valence electrons. The Morgan fingerprint density at radius 1 is 0.972 bits per heavy atom. The van der Waals surface area contributed by atoms with Gasteiger partial charge < -0.3 is 15.2 Å². The van der Waals surface area contributed by atoms with Gasteiger partial charge in [-0.05, 0) is 54.7 Å². The van der Waals surface area contributed by atoms with E-state index in [0.29, 0.717) is 12.5 Å². The molecule has 8 heteroatoms. The summed E-state index contributed by atoms with van der Waals surface area (Å²) in [6.07, 6.45) is -4.22. The average Bonchev–Trinajstić information content (AvgIpc) is 2.84. The molecule has 0 aliphatic carbocycles. The zero-order valence-corrected chi connectivity index (χ0v) is 20.0. The van der Waals surface area contributed by atoms with Crippen LogP contribution in [-0.4, -0.2) is 29.6 Å². The van der Waals surface area contributed by atoms with Crippen LogP contribution in [-0.2, 0) is 22.1 Å². The number of benzene rings is 3. The van der Waals surface area contributed by atoms with Gasteiger partial charge >= 0.3 is 12.1 Å². The van der Waals surface area contributed by atoms with Gasteiger partial charge in [0.15, 0.2) is 0 Å². The zero-order chi connectivity index (χ0) is 26.3. The molecule has 0 unspecified atom stereocenters. The summed E-state index contributed by atoms with van der Waals surface area (Å²) in [7, 11) is 0. The second kappa shape index (κ2) is 11.7. The Morgan fingerprint density at radius 2 is 1.61 bits per heavy atom. The van der Waals surface area contributed by atoms with E-state index in [1.54, 1.807) is 13.8 Å². The number of carbonyl (C=O) groups excluding carboxylic acids is 2. The van der Waals surface area contributed by atoms with E-state index in [0.717, 1.165) is 28.8 Å². The number of rotatable bonds is 9. The Labute approximate surface area is 207 Å². The van der Waals surface area contributed by atoms with Crippen LogP contribution in [0.3, 0.4) is 0 Å². The lowest BCUT2D eigenvalue weighted by Gasteiger charge is -2.22. The van der Waals surface area contributed by atoms with Gasteiger partial charge in [0.25, 0.3) is 5.91 Å². The van der Waals surface area contributed by atoms with E-state index in [4.69, 9.17) is 4.74 Å². The number of amides is 1. The van der Waals surface area contributed by atoms with Gasteiger partial charge in [-0.15, -0.1) is 0 Å². The Balaban J connectivity index is 1.81. The van der Waals surface area contributed by atoms with Crippen molar-refractivity contribution in [3.63, 3.8) is 0 Å². The second-order valence-electron chi connectivity index (χ2n) is 8.56. The van der Waals surface area contributed by atoms with Crippen molar-refractivity contribution in [1.82, 2.24) is 5.32 Å². The summed E-state index contributed by atoms with van der Waals surface area (Å²) in [6.45, 7) is 3.59. The number of carbonyl (C=O) groups is 2. The summed E-state index contributed by atoms with van der Waals surface area (Å²) in [5, 5.41) is 12.3. The quantitative estimate of drug-likeness (QED) is 0.354. The van der Waals surface area contributed by atoms with Crippen LogP contribution in [0, 0.1) is 5.92 Å². The summed E-state index contributed by atoms with van der Waals surface area (Å²) in [5.41, 5.74) is 1.43. The maximum Gasteiger partial charge on any atom is 0.419 e. The van der Waals surface area contributed by atoms with Gasteiger partial charge in [-0.2, -0.15) is 13.2 Å². The molecule has 0 fully saturated rings. The molecule has 0 aliphatic rings. The lowest BCUT2D eigenvalue weighted by molar-refractivity contribution is -0.147. The molecule has 0 heterocycles. The standard InChI is InChI=1S/C28H28F3NO4/c1-3-36-27(35)18(2)15-23(16-19-9-11-21(12-10-19)20-7-5-4-6-8-20)32-26(34)22-13-14-25(33)24(17-22)28(29,30)31/h4-14,17-18,23,33H,3,15-16H2,1-2H3,(H,32,34)/t18-,23+/m1/s1. The minimum absolute atomic E-state index is 0.217. The van der Waals surface area contributed by atoms with Crippen molar-refractivity contribution in [2.24, 2.45) is 5.92 Å². The van der Waals surface area contributed by atoms with Gasteiger partial charge in [0, 0.05) is 11.6 Å². The molecular weight excluding hydrogens is 471 g/mol. The van der Waals surface area contributed by atoms with Crippen molar-refractivity contribution in [1.29, 1.82) is 0 Å². The van der Waals surface area contributed by atoms with Crippen molar-refractivity contribution >= 4 is 11.9 Å². The molecule has 3 rings (SSSR count). The first kappa shape index (κ1) is 26.8. The summed E-state index contributed by atoms with van der Waals surface area (Å²) in [6, 6.07) is 19.6. The van der Waals surface area contributed by atoms with Crippen LogP contribution in [0.25, 0.3) is 11.1 Å². The van der Waals surface area contributed by atoms with Crippen LogP contribution < -0.4 is 5.32 Å². The minimum Gasteiger partial charge on any atom is -0.507 e. The van der Waals surface area contributed by atoms with E-state index >= 15 is 0 Å². The molecule has 0 bridgehead atoms. The fourth-order valence-electron chi connectivity index (χ4n) is 3.92. The highest BCUT2D eigenvalue weighted by molar-refractivity contribution is 5.95. The Morgan fingerprint density at radius 3 is 2.22 bits per heavy atom. The molecule has 1 amide bonds. The molecule has 0 saturated carbocycles. The fraction of sp³-hybridized carbons (Fsp3) is 0.286. The highest BCUT2D eigenvalue weighted by atomic mass is 19.4. The van der Waals surface area contributed by atoms with E-state index in [9.17, 15) is 27.9 Å². The van der Waals surface area contributed by atoms with Gasteiger partial charge in [-0.3, -0.25) is 9.59 Å². The van der Waals surface area contributed by atoms with Crippen LogP contribution in [0.5, 0.6) is 5.75 Å². The molecule has 5 nitrogen and oxygen atoms in total. The number of alkyl halides is 3. The maximum absolute atomic E-state index is 13.2. The predicted molar refractivity (Wildman–Crippen MR) is 130 cm³/mol. The molecule has 36 heavy (non-hydrogen) atoms. The third-order valence-electron chi connectivity index (χ3n) is 5.77. The lowest BCUT2D eigenvalue weighted by atomic mass is 9.94. The highest BCUT2D eigenvalue weighted by Gasteiger charge is 2.34. The van der Waals surface area contributed by atoms with Gasteiger partial charge in [-0.25, -0.2) is 0 Å². The molecule has 3 aromatic carbocycles. The smallest absolute Gasteiger partial charge is 0.419 e. The molecule has 2 atom stereocenters. The van der Waals surface area contributed by atoms with Crippen LogP contribution in [0.15, 0.2) is 72.8 Å². The van der Waals surface area contributed by atoms with Gasteiger partial charge in [0.05, 0.1) is 18.1 Å². The van der Waals surface area contributed by atoms with Crippen LogP contribution in [0.2, 0.25) is 0 Å². The predicted octanol–water partition coefficient (Wildman–Crippen LogP) is 6.01. The number of phenolic OH excluding ortho intramolecular Hbond substituents is 1. The van der Waals surface area contributed by atoms with Crippen molar-refractivity contribution in [3.8, 4) is 16.9 Å². The van der Waals surface area contributed by atoms with Crippen molar-refractivity contribution in [2.45, 2.75) is 38.9 Å². The molecule has 0 spiro atoms. The lowest BCUT2D eigenvalue weighted by Crippen LogP contribution is -2.39. The number of halogens is 3. The third kappa shape index (κ3) is 7.10. The van der Waals surface area contributed by atoms with Gasteiger partial charge in [-0.1, -0.05) is 61.5 Å². The summed E-state index contributed by atoms with van der Waals surface area (Å²) >= 11 is 0. The number of hydrogen-bond acceptors (Lipinski definition) is 4. The fourth-order valence-corrected chi connectivity index (χ4v) is 3.92. The number of phenols is 1. The number of nitrogens with one attached hydrogen (secondary N) is 1. The van der Waals surface area contributed by atoms with Crippen LogP contribution in [0.4, 0.5) is 13.2 Å². The van der Waals surface area contributed by atoms with E-state index in [2.05, 4.69) is 5.32 Å². The Kier molecular flexibility index (Phi) is 8.74. The highest BCUT2D eigenvalue weighted by Crippen LogP contribution is 2.36. The average molecular weight is 500 g/mol. The number of aromatic hydroxyl groups is 1. The van der Waals surface area contributed by atoms with Gasteiger partial charge in [0.1, 0.15) is 5.75 Å². The van der Waals surface area contributed by atoms with E-state index in [-0.39, 0.29) is 18.6 Å². The molecule has 0 radical (unpaired) electrons. The van der Waals surface area contributed by atoms with Gasteiger partial charge in [0.2, 0.25) is 0 Å². The largest absolute Gasteiger partial charge is 0.507 e. The van der Waals surface area contributed by atoms with E-state index < -0.39 is 41.3 Å². The molecule has 0 aromatic heterocycles. The molecule has 0 saturated heterocycles. The molecular formula is C28H28F3NO4. The SMILES string of the molecule is CCOC(=O)[C@H](C)C[C@@H](Cc1ccc(-c2ccccc2)cc1)NC(=O)c1ccc(O)c(C(F)(F)F)c1. The topological polar surface area (TPSA) is 75.6 Å². The summed E-state index contributed by atoms with van der Waals surface area (Å²) in [5.74, 6) is -2.64. The Hall–Kier alpha value is -3.81. The normalized spacial score (nSPS) is 13.0. The van der Waals surface area contributed by atoms with Crippen molar-refractivity contribution in [3.05, 3.63) is 89.5 Å². The first-order valence-electron chi connectivity index (χ1n) is 11.6. The van der Waals surface area contributed by atoms with Crippen molar-refractivity contribution in [2.75, 3.05) is 6.61 Å².